The van der Waals surface area contributed by atoms with Gasteiger partial charge in [-0.3, -0.25) is 13.8 Å². The summed E-state index contributed by atoms with van der Waals surface area (Å²) in [6, 6.07) is -1.03. The quantitative estimate of drug-likeness (QED) is 0.0212. The lowest BCUT2D eigenvalue weighted by atomic mass is 9.85. The van der Waals surface area contributed by atoms with Gasteiger partial charge in [-0.1, -0.05) is 290 Å². The lowest BCUT2D eigenvalue weighted by Crippen LogP contribution is -2.64. The molecule has 6 unspecified atom stereocenters. The van der Waals surface area contributed by atoms with E-state index in [0.717, 1.165) is 38.5 Å². The van der Waals surface area contributed by atoms with E-state index >= 15 is 0 Å². The van der Waals surface area contributed by atoms with Gasteiger partial charge in [-0.15, -0.1) is 0 Å². The van der Waals surface area contributed by atoms with Gasteiger partial charge in [0, 0.05) is 6.42 Å². The van der Waals surface area contributed by atoms with Crippen molar-refractivity contribution in [2.75, 3.05) is 6.61 Å². The van der Waals surface area contributed by atoms with Gasteiger partial charge in [0.15, 0.2) is 0 Å². The molecule has 0 radical (unpaired) electrons. The average molecular weight is 1030 g/mol. The summed E-state index contributed by atoms with van der Waals surface area (Å²) in [6.07, 6.45) is 44.8. The summed E-state index contributed by atoms with van der Waals surface area (Å²) in [6.45, 7) is 3.91. The maximum Gasteiger partial charge on any atom is 0.472 e. The van der Waals surface area contributed by atoms with Gasteiger partial charge in [-0.05, 0) is 12.8 Å². The highest BCUT2D eigenvalue weighted by Crippen LogP contribution is 2.47. The Morgan fingerprint density at radius 3 is 0.972 bits per heavy atom. The summed E-state index contributed by atoms with van der Waals surface area (Å²) in [5.41, 5.74) is 0. The number of carbonyl (C=O) groups is 1. The lowest BCUT2D eigenvalue weighted by Gasteiger charge is -2.41. The van der Waals surface area contributed by atoms with Crippen LogP contribution in [-0.2, 0) is 18.4 Å². The van der Waals surface area contributed by atoms with Crippen LogP contribution < -0.4 is 5.32 Å². The van der Waals surface area contributed by atoms with Gasteiger partial charge in [0.2, 0.25) is 5.91 Å². The molecule has 0 spiro atoms. The summed E-state index contributed by atoms with van der Waals surface area (Å²) < 4.78 is 23.0. The first-order valence-corrected chi connectivity index (χ1v) is 32.0. The largest absolute Gasteiger partial charge is 0.472 e. The SMILES string of the molecule is CCCCCCCCCCCCCCCCCCCCCCCCCCCCCCCCCCCCC(=O)N[C@@H](COP(=O)(O)OC1C(O)C(O)C(O)[C@@H](O)C1O)[C@H](O)CCCCCCCCCCCC. The van der Waals surface area contributed by atoms with Gasteiger partial charge in [0.05, 0.1) is 18.8 Å². The molecule has 71 heavy (non-hydrogen) atoms. The van der Waals surface area contributed by atoms with Gasteiger partial charge < -0.3 is 40.8 Å². The van der Waals surface area contributed by atoms with E-state index in [9.17, 15) is 44.9 Å². The fourth-order valence-electron chi connectivity index (χ4n) is 10.3. The Labute approximate surface area is 436 Å². The Morgan fingerprint density at radius 1 is 0.423 bits per heavy atom. The smallest absolute Gasteiger partial charge is 0.391 e. The number of phosphoric ester groups is 1. The monoisotopic (exact) mass is 1030 g/mol. The molecular formula is C58H116NO11P. The molecule has 13 heteroatoms. The Bertz CT molecular complexity index is 1200. The van der Waals surface area contributed by atoms with E-state index in [1.54, 1.807) is 0 Å². The maximum atomic E-state index is 13.0. The van der Waals surface area contributed by atoms with Crippen molar-refractivity contribution in [2.24, 2.45) is 0 Å². The van der Waals surface area contributed by atoms with Crippen molar-refractivity contribution in [3.63, 3.8) is 0 Å². The number of amides is 1. The highest BCUT2D eigenvalue weighted by atomic mass is 31.2. The number of phosphoric acid groups is 1. The van der Waals surface area contributed by atoms with Crippen LogP contribution in [0.15, 0.2) is 0 Å². The van der Waals surface area contributed by atoms with Crippen molar-refractivity contribution in [1.29, 1.82) is 0 Å². The highest BCUT2D eigenvalue weighted by Gasteiger charge is 2.51. The molecule has 1 saturated carbocycles. The number of unbranched alkanes of at least 4 members (excludes halogenated alkanes) is 42. The molecule has 1 amide bonds. The third-order valence-electron chi connectivity index (χ3n) is 15.2. The van der Waals surface area contributed by atoms with Gasteiger partial charge in [0.25, 0.3) is 0 Å². The summed E-state index contributed by atoms with van der Waals surface area (Å²) in [7, 11) is -5.05. The first-order chi connectivity index (χ1) is 34.4. The Balaban J connectivity index is 2.12. The van der Waals surface area contributed by atoms with E-state index in [2.05, 4.69) is 19.2 Å². The zero-order valence-electron chi connectivity index (χ0n) is 46.1. The molecule has 0 aromatic heterocycles. The second kappa shape index (κ2) is 47.8. The summed E-state index contributed by atoms with van der Waals surface area (Å²) >= 11 is 0. The molecule has 0 aromatic carbocycles. The van der Waals surface area contributed by atoms with E-state index in [4.69, 9.17) is 9.05 Å². The van der Waals surface area contributed by atoms with Crippen LogP contribution in [0.2, 0.25) is 0 Å². The van der Waals surface area contributed by atoms with Gasteiger partial charge >= 0.3 is 7.82 Å². The predicted octanol–water partition coefficient (Wildman–Crippen LogP) is 14.1. The van der Waals surface area contributed by atoms with E-state index in [1.807, 2.05) is 0 Å². The number of carbonyl (C=O) groups excluding carboxylic acids is 1. The number of rotatable bonds is 53. The molecule has 9 atom stereocenters. The fourth-order valence-corrected chi connectivity index (χ4v) is 11.2. The molecule has 1 fully saturated rings. The Kier molecular flexibility index (Phi) is 46.0. The van der Waals surface area contributed by atoms with E-state index in [-0.39, 0.29) is 12.3 Å². The molecule has 12 nitrogen and oxygen atoms in total. The maximum absolute atomic E-state index is 13.0. The van der Waals surface area contributed by atoms with E-state index in [1.165, 1.54) is 231 Å². The van der Waals surface area contributed by atoms with Crippen molar-refractivity contribution in [3.8, 4) is 0 Å². The topological polar surface area (TPSA) is 206 Å². The van der Waals surface area contributed by atoms with E-state index in [0.29, 0.717) is 19.3 Å². The summed E-state index contributed by atoms with van der Waals surface area (Å²) in [4.78, 5) is 23.5. The van der Waals surface area contributed by atoms with Crippen molar-refractivity contribution < 1.29 is 53.9 Å². The van der Waals surface area contributed by atoms with Crippen LogP contribution in [0.1, 0.15) is 309 Å². The van der Waals surface area contributed by atoms with Crippen LogP contribution in [0.5, 0.6) is 0 Å². The van der Waals surface area contributed by atoms with Crippen molar-refractivity contribution in [2.45, 2.75) is 358 Å². The molecule has 424 valence electrons. The molecular weight excluding hydrogens is 918 g/mol. The standard InChI is InChI=1S/C58H116NO11P/c1-3-5-7-9-11-13-15-16-17-18-19-20-21-22-23-24-25-26-27-28-29-30-31-32-33-34-35-36-37-38-40-42-44-46-48-52(61)59-50(51(60)47-45-43-41-39-14-12-10-8-6-4-2)49-69-71(67,68)70-58-56(65)54(63)53(62)55(64)57(58)66/h50-51,53-58,60,62-66H,3-49H2,1-2H3,(H,59,61)(H,67,68)/t50-,51+,53?,54+,55?,56?,57?,58?/m0/s1. The number of aliphatic hydroxyl groups is 6. The summed E-state index contributed by atoms with van der Waals surface area (Å²) in [5.74, 6) is -0.302. The molecule has 0 saturated heterocycles. The first kappa shape index (κ1) is 68.4. The van der Waals surface area contributed by atoms with Crippen molar-refractivity contribution in [1.82, 2.24) is 5.32 Å². The van der Waals surface area contributed by atoms with Crippen LogP contribution in [0.3, 0.4) is 0 Å². The van der Waals surface area contributed by atoms with Crippen LogP contribution in [0.4, 0.5) is 0 Å². The minimum Gasteiger partial charge on any atom is -0.391 e. The van der Waals surface area contributed by atoms with Gasteiger partial charge in [0.1, 0.15) is 36.6 Å². The first-order valence-electron chi connectivity index (χ1n) is 30.5. The lowest BCUT2D eigenvalue weighted by molar-refractivity contribution is -0.220. The molecule has 0 heterocycles. The average Bonchev–Trinajstić information content (AvgIpc) is 3.35. The number of hydrogen-bond donors (Lipinski definition) is 8. The van der Waals surface area contributed by atoms with Crippen LogP contribution >= 0.6 is 7.82 Å². The van der Waals surface area contributed by atoms with Crippen LogP contribution in [0, 0.1) is 0 Å². The molecule has 0 aliphatic heterocycles. The molecule has 8 N–H and O–H groups in total. The second-order valence-electron chi connectivity index (χ2n) is 21.9. The van der Waals surface area contributed by atoms with Crippen LogP contribution in [0.25, 0.3) is 0 Å². The molecule has 1 aliphatic carbocycles. The van der Waals surface area contributed by atoms with Gasteiger partial charge in [-0.25, -0.2) is 4.57 Å². The highest BCUT2D eigenvalue weighted by molar-refractivity contribution is 7.47. The zero-order chi connectivity index (χ0) is 52.1. The zero-order valence-corrected chi connectivity index (χ0v) is 47.0. The van der Waals surface area contributed by atoms with Gasteiger partial charge in [-0.2, -0.15) is 0 Å². The minimum absolute atomic E-state index is 0.243. The third kappa shape index (κ3) is 38.5. The minimum atomic E-state index is -5.05. The molecule has 0 bridgehead atoms. The molecule has 1 aliphatic rings. The Hall–Kier alpha value is -0.660. The van der Waals surface area contributed by atoms with E-state index < -0.39 is 63.2 Å². The normalized spacial score (nSPS) is 21.1. The molecule has 0 aromatic rings. The fraction of sp³-hybridized carbons (Fsp3) is 0.983. The number of hydrogen-bond acceptors (Lipinski definition) is 10. The molecule has 1 rings (SSSR count). The van der Waals surface area contributed by atoms with Crippen LogP contribution in [-0.4, -0.2) is 96.8 Å². The second-order valence-corrected chi connectivity index (χ2v) is 23.3. The third-order valence-corrected chi connectivity index (χ3v) is 16.2. The Morgan fingerprint density at radius 2 is 0.676 bits per heavy atom. The summed E-state index contributed by atoms with van der Waals surface area (Å²) in [5, 5.41) is 64.3. The predicted molar refractivity (Wildman–Crippen MR) is 292 cm³/mol. The van der Waals surface area contributed by atoms with Crippen molar-refractivity contribution in [3.05, 3.63) is 0 Å². The van der Waals surface area contributed by atoms with Crippen molar-refractivity contribution >= 4 is 13.7 Å². The number of nitrogens with one attached hydrogen (secondary N) is 1. The number of aliphatic hydroxyl groups excluding tert-OH is 6.